The van der Waals surface area contributed by atoms with Crippen molar-refractivity contribution in [1.29, 1.82) is 0 Å². The molecule has 1 unspecified atom stereocenters. The van der Waals surface area contributed by atoms with Gasteiger partial charge in [0.05, 0.1) is 38.2 Å². The minimum Gasteiger partial charge on any atom is -0.497 e. The van der Waals surface area contributed by atoms with E-state index < -0.39 is 34.9 Å². The maximum Gasteiger partial charge on any atom is 0.338 e. The Bertz CT molecular complexity index is 1540. The number of carbonyl (C=O) groups is 2. The van der Waals surface area contributed by atoms with Crippen LogP contribution in [-0.4, -0.2) is 36.9 Å². The summed E-state index contributed by atoms with van der Waals surface area (Å²) in [6.07, 6.45) is 0.805. The number of rotatable bonds is 5. The van der Waals surface area contributed by atoms with E-state index in [0.29, 0.717) is 17.4 Å². The number of ether oxygens (including phenoxy) is 2. The number of aromatic nitrogens is 1. The zero-order valence-electron chi connectivity index (χ0n) is 20.5. The summed E-state index contributed by atoms with van der Waals surface area (Å²) in [5, 5.41) is 2.79. The quantitative estimate of drug-likeness (QED) is 0.514. The number of halogens is 3. The number of amidine groups is 1. The molecule has 2 aliphatic rings. The number of methoxy groups -OCH3 is 2. The fourth-order valence-corrected chi connectivity index (χ4v) is 4.74. The van der Waals surface area contributed by atoms with Crippen molar-refractivity contribution in [3.63, 3.8) is 0 Å². The van der Waals surface area contributed by atoms with Gasteiger partial charge in [0.15, 0.2) is 11.7 Å². The SMILES string of the molecule is COC(=O)C1=C(C)NC(c2ncc(F)cc2F)=NC12C(=O)N(Cc1ccc(OC)cc1)c1cc(F)ccc12. The first-order valence-electron chi connectivity index (χ1n) is 11.4. The molecule has 1 aromatic heterocycles. The smallest absolute Gasteiger partial charge is 0.338 e. The summed E-state index contributed by atoms with van der Waals surface area (Å²) < 4.78 is 53.0. The number of aliphatic imine (C=N–C) groups is 1. The Morgan fingerprint density at radius 1 is 1.05 bits per heavy atom. The van der Waals surface area contributed by atoms with E-state index in [0.717, 1.165) is 19.4 Å². The van der Waals surface area contributed by atoms with Crippen LogP contribution < -0.4 is 15.0 Å². The van der Waals surface area contributed by atoms with Crippen LogP contribution in [0.2, 0.25) is 0 Å². The Labute approximate surface area is 215 Å². The van der Waals surface area contributed by atoms with Gasteiger partial charge >= 0.3 is 5.97 Å². The maximum absolute atomic E-state index is 14.7. The van der Waals surface area contributed by atoms with Crippen molar-refractivity contribution in [2.75, 3.05) is 19.1 Å². The Kier molecular flexibility index (Phi) is 6.14. The van der Waals surface area contributed by atoms with Crippen LogP contribution in [0.5, 0.6) is 5.75 Å². The lowest BCUT2D eigenvalue weighted by Crippen LogP contribution is -2.48. The number of fused-ring (bicyclic) bond motifs is 2. The Morgan fingerprint density at radius 3 is 2.45 bits per heavy atom. The molecule has 0 fully saturated rings. The highest BCUT2D eigenvalue weighted by Crippen LogP contribution is 2.50. The summed E-state index contributed by atoms with van der Waals surface area (Å²) in [6, 6.07) is 11.2. The predicted octanol–water partition coefficient (Wildman–Crippen LogP) is 3.75. The monoisotopic (exact) mass is 522 g/mol. The molecule has 1 atom stereocenters. The van der Waals surface area contributed by atoms with Crippen LogP contribution in [0.25, 0.3) is 0 Å². The molecule has 194 valence electrons. The van der Waals surface area contributed by atoms with Crippen LogP contribution in [0.15, 0.2) is 71.0 Å². The molecule has 0 aliphatic carbocycles. The number of hydrogen-bond donors (Lipinski definition) is 1. The van der Waals surface area contributed by atoms with Crippen LogP contribution in [0, 0.1) is 17.5 Å². The fraction of sp³-hybridized carbons (Fsp3) is 0.185. The van der Waals surface area contributed by atoms with Crippen molar-refractivity contribution in [2.45, 2.75) is 19.0 Å². The van der Waals surface area contributed by atoms with Gasteiger partial charge in [0, 0.05) is 17.3 Å². The number of carbonyl (C=O) groups excluding carboxylic acids is 2. The number of nitrogens with zero attached hydrogens (tertiary/aromatic N) is 3. The van der Waals surface area contributed by atoms with Gasteiger partial charge in [0.25, 0.3) is 5.91 Å². The summed E-state index contributed by atoms with van der Waals surface area (Å²) >= 11 is 0. The molecule has 1 spiro atoms. The van der Waals surface area contributed by atoms with Crippen LogP contribution in [0.1, 0.15) is 23.7 Å². The van der Waals surface area contributed by atoms with Gasteiger partial charge in [-0.1, -0.05) is 18.2 Å². The van der Waals surface area contributed by atoms with Crippen LogP contribution in [-0.2, 0) is 26.4 Å². The van der Waals surface area contributed by atoms with Gasteiger partial charge in [0.2, 0.25) is 5.54 Å². The van der Waals surface area contributed by atoms with Crippen molar-refractivity contribution in [3.8, 4) is 5.75 Å². The number of esters is 1. The second-order valence-electron chi connectivity index (χ2n) is 8.67. The number of allylic oxidation sites excluding steroid dienone is 1. The van der Waals surface area contributed by atoms with Crippen molar-refractivity contribution in [1.82, 2.24) is 10.3 Å². The van der Waals surface area contributed by atoms with E-state index in [4.69, 9.17) is 9.47 Å². The predicted molar refractivity (Wildman–Crippen MR) is 131 cm³/mol. The molecular weight excluding hydrogens is 501 g/mol. The molecule has 0 saturated heterocycles. The van der Waals surface area contributed by atoms with Crippen molar-refractivity contribution < 1.29 is 32.2 Å². The molecule has 5 rings (SSSR count). The third-order valence-electron chi connectivity index (χ3n) is 6.44. The average molecular weight is 522 g/mol. The highest BCUT2D eigenvalue weighted by molar-refractivity contribution is 6.18. The molecule has 0 saturated carbocycles. The molecule has 1 N–H and O–H groups in total. The molecule has 2 aromatic carbocycles. The van der Waals surface area contributed by atoms with Gasteiger partial charge in [-0.15, -0.1) is 0 Å². The second-order valence-corrected chi connectivity index (χ2v) is 8.67. The largest absolute Gasteiger partial charge is 0.497 e. The van der Waals surface area contributed by atoms with Crippen molar-refractivity contribution in [3.05, 3.63) is 100 Å². The zero-order valence-corrected chi connectivity index (χ0v) is 20.5. The van der Waals surface area contributed by atoms with Crippen LogP contribution in [0.4, 0.5) is 18.9 Å². The van der Waals surface area contributed by atoms with E-state index in [2.05, 4.69) is 15.3 Å². The number of benzene rings is 2. The lowest BCUT2D eigenvalue weighted by Gasteiger charge is -2.33. The van der Waals surface area contributed by atoms with Gasteiger partial charge in [-0.25, -0.2) is 27.9 Å². The van der Waals surface area contributed by atoms with Crippen LogP contribution in [0.3, 0.4) is 0 Å². The second kappa shape index (κ2) is 9.33. The lowest BCUT2D eigenvalue weighted by molar-refractivity contribution is -0.138. The molecule has 2 aliphatic heterocycles. The number of pyridine rings is 1. The number of anilines is 1. The highest BCUT2D eigenvalue weighted by Gasteiger charge is 2.58. The molecule has 11 heteroatoms. The van der Waals surface area contributed by atoms with E-state index >= 15 is 0 Å². The normalized spacial score (nSPS) is 18.3. The topological polar surface area (TPSA) is 93.1 Å². The summed E-state index contributed by atoms with van der Waals surface area (Å²) in [5.41, 5.74) is -1.36. The molecule has 38 heavy (non-hydrogen) atoms. The number of amides is 1. The first-order chi connectivity index (χ1) is 18.2. The third-order valence-corrected chi connectivity index (χ3v) is 6.44. The first kappa shape index (κ1) is 25.0. The van der Waals surface area contributed by atoms with Crippen LogP contribution >= 0.6 is 0 Å². The summed E-state index contributed by atoms with van der Waals surface area (Å²) in [4.78, 5) is 37.0. The molecule has 0 bridgehead atoms. The van der Waals surface area contributed by atoms with Crippen molar-refractivity contribution >= 4 is 23.4 Å². The molecule has 3 heterocycles. The Balaban J connectivity index is 1.73. The highest BCUT2D eigenvalue weighted by atomic mass is 19.1. The summed E-state index contributed by atoms with van der Waals surface area (Å²) in [5.74, 6) is -3.68. The van der Waals surface area contributed by atoms with E-state index in [1.54, 1.807) is 24.3 Å². The van der Waals surface area contributed by atoms with Gasteiger partial charge in [-0.2, -0.15) is 0 Å². The minimum atomic E-state index is -2.05. The van der Waals surface area contributed by atoms with Gasteiger partial charge in [-0.3, -0.25) is 4.79 Å². The lowest BCUT2D eigenvalue weighted by atomic mass is 9.81. The fourth-order valence-electron chi connectivity index (χ4n) is 4.74. The molecule has 8 nitrogen and oxygen atoms in total. The van der Waals surface area contributed by atoms with Gasteiger partial charge in [-0.05, 0) is 36.8 Å². The number of nitrogens with one attached hydrogen (secondary N) is 1. The Morgan fingerprint density at radius 2 is 1.79 bits per heavy atom. The minimum absolute atomic E-state index is 0.00989. The van der Waals surface area contributed by atoms with E-state index in [-0.39, 0.29) is 40.6 Å². The zero-order chi connectivity index (χ0) is 27.2. The van der Waals surface area contributed by atoms with Gasteiger partial charge < -0.3 is 19.7 Å². The van der Waals surface area contributed by atoms with E-state index in [1.807, 2.05) is 0 Å². The van der Waals surface area contributed by atoms with Crippen molar-refractivity contribution in [2.24, 2.45) is 4.99 Å². The molecule has 0 radical (unpaired) electrons. The number of hydrogen-bond acceptors (Lipinski definition) is 7. The van der Waals surface area contributed by atoms with E-state index in [9.17, 15) is 22.8 Å². The summed E-state index contributed by atoms with van der Waals surface area (Å²) in [7, 11) is 2.67. The average Bonchev–Trinajstić information content (AvgIpc) is 3.10. The third kappa shape index (κ3) is 3.87. The standard InChI is InChI=1S/C27H21F3N4O4/c1-14-22(25(35)38-3)27(33-24(32-14)23-20(30)10-17(29)12-31-23)19-9-6-16(28)11-21(19)34(26(27)36)13-15-4-7-18(37-2)8-5-15/h4-12H,13H2,1-3H3,(H,32,33). The Hall–Kier alpha value is -4.67. The maximum atomic E-state index is 14.7. The van der Waals surface area contributed by atoms with E-state index in [1.165, 1.54) is 31.1 Å². The first-order valence-corrected chi connectivity index (χ1v) is 11.4. The summed E-state index contributed by atoms with van der Waals surface area (Å²) in [6.45, 7) is 1.50. The van der Waals surface area contributed by atoms with Gasteiger partial charge in [0.1, 0.15) is 23.1 Å². The molecule has 1 amide bonds. The molecular formula is C27H21F3N4O4. The molecule has 3 aromatic rings.